The minimum atomic E-state index is -0.340. The molecule has 1 N–H and O–H groups in total. The minimum Gasteiger partial charge on any atom is -0.439 e. The fraction of sp³-hybridized carbons (Fsp3) is 0.267. The Morgan fingerprint density at radius 2 is 2.14 bits per heavy atom. The minimum absolute atomic E-state index is 0.340. The third kappa shape index (κ3) is 4.66. The van der Waals surface area contributed by atoms with Crippen LogP contribution in [0.1, 0.15) is 19.4 Å². The molecule has 1 heterocycles. The SMILES string of the molecule is CC(C)NCc1cc(Oc2ccc(F)c(Br)c2)ncc1Cl. The first kappa shape index (κ1) is 16.2. The van der Waals surface area contributed by atoms with Gasteiger partial charge in [0.1, 0.15) is 11.6 Å². The Morgan fingerprint density at radius 3 is 2.81 bits per heavy atom. The van der Waals surface area contributed by atoms with Gasteiger partial charge >= 0.3 is 0 Å². The van der Waals surface area contributed by atoms with Crippen molar-refractivity contribution in [1.29, 1.82) is 0 Å². The zero-order valence-corrected chi connectivity index (χ0v) is 14.0. The highest BCUT2D eigenvalue weighted by molar-refractivity contribution is 9.10. The number of benzene rings is 1. The second-order valence-corrected chi connectivity index (χ2v) is 6.09. The molecule has 21 heavy (non-hydrogen) atoms. The number of ether oxygens (including phenoxy) is 1. The summed E-state index contributed by atoms with van der Waals surface area (Å²) in [5, 5.41) is 3.86. The largest absolute Gasteiger partial charge is 0.439 e. The molecule has 0 amide bonds. The van der Waals surface area contributed by atoms with Crippen LogP contribution in [0.5, 0.6) is 11.6 Å². The van der Waals surface area contributed by atoms with E-state index in [9.17, 15) is 4.39 Å². The Kier molecular flexibility index (Phi) is 5.56. The lowest BCUT2D eigenvalue weighted by atomic mass is 10.2. The van der Waals surface area contributed by atoms with E-state index in [2.05, 4.69) is 40.1 Å². The topological polar surface area (TPSA) is 34.1 Å². The van der Waals surface area contributed by atoms with E-state index in [1.807, 2.05) is 0 Å². The highest BCUT2D eigenvalue weighted by atomic mass is 79.9. The third-order valence-corrected chi connectivity index (χ3v) is 3.67. The average molecular weight is 374 g/mol. The summed E-state index contributed by atoms with van der Waals surface area (Å²) in [6.45, 7) is 4.74. The van der Waals surface area contributed by atoms with Crippen LogP contribution in [0, 0.1) is 5.82 Å². The molecule has 112 valence electrons. The van der Waals surface area contributed by atoms with Gasteiger partial charge in [-0.15, -0.1) is 0 Å². The van der Waals surface area contributed by atoms with Crippen LogP contribution in [0.25, 0.3) is 0 Å². The molecule has 3 nitrogen and oxygen atoms in total. The molecule has 6 heteroatoms. The third-order valence-electron chi connectivity index (χ3n) is 2.72. The first-order valence-corrected chi connectivity index (χ1v) is 7.63. The molecule has 0 saturated carbocycles. The number of rotatable bonds is 5. The first-order valence-electron chi connectivity index (χ1n) is 6.46. The Hall–Kier alpha value is -1.17. The summed E-state index contributed by atoms with van der Waals surface area (Å²) in [7, 11) is 0. The highest BCUT2D eigenvalue weighted by Gasteiger charge is 2.07. The van der Waals surface area contributed by atoms with Gasteiger partial charge in [0.15, 0.2) is 0 Å². The molecule has 0 fully saturated rings. The number of aromatic nitrogens is 1. The van der Waals surface area contributed by atoms with Gasteiger partial charge in [0.2, 0.25) is 5.88 Å². The summed E-state index contributed by atoms with van der Waals surface area (Å²) < 4.78 is 19.2. The Morgan fingerprint density at radius 1 is 1.38 bits per heavy atom. The Bertz CT molecular complexity index is 637. The second kappa shape index (κ2) is 7.20. The predicted molar refractivity (Wildman–Crippen MR) is 85.4 cm³/mol. The van der Waals surface area contributed by atoms with Crippen molar-refractivity contribution in [3.05, 3.63) is 51.3 Å². The molecular formula is C15H15BrClFN2O. The summed E-state index contributed by atoms with van der Waals surface area (Å²) in [5.41, 5.74) is 0.900. The maximum Gasteiger partial charge on any atom is 0.219 e. The fourth-order valence-electron chi connectivity index (χ4n) is 1.62. The van der Waals surface area contributed by atoms with Crippen LogP contribution in [0.2, 0.25) is 5.02 Å². The van der Waals surface area contributed by atoms with Gasteiger partial charge in [0.25, 0.3) is 0 Å². The summed E-state index contributed by atoms with van der Waals surface area (Å²) >= 11 is 9.23. The van der Waals surface area contributed by atoms with Crippen molar-refractivity contribution < 1.29 is 9.13 Å². The number of pyridine rings is 1. The second-order valence-electron chi connectivity index (χ2n) is 4.83. The van der Waals surface area contributed by atoms with E-state index in [0.29, 0.717) is 33.7 Å². The van der Waals surface area contributed by atoms with E-state index in [-0.39, 0.29) is 5.82 Å². The quantitative estimate of drug-likeness (QED) is 0.807. The molecule has 0 spiro atoms. The van der Waals surface area contributed by atoms with Crippen molar-refractivity contribution in [2.24, 2.45) is 0 Å². The van der Waals surface area contributed by atoms with E-state index < -0.39 is 0 Å². The predicted octanol–water partition coefficient (Wildman–Crippen LogP) is 4.93. The molecule has 2 aromatic rings. The van der Waals surface area contributed by atoms with Crippen molar-refractivity contribution in [3.8, 4) is 11.6 Å². The summed E-state index contributed by atoms with van der Waals surface area (Å²) in [6, 6.07) is 6.55. The van der Waals surface area contributed by atoms with Crippen LogP contribution in [0.15, 0.2) is 34.9 Å². The van der Waals surface area contributed by atoms with E-state index in [4.69, 9.17) is 16.3 Å². The molecular weight excluding hydrogens is 359 g/mol. The lowest BCUT2D eigenvalue weighted by Gasteiger charge is -2.11. The van der Waals surface area contributed by atoms with Gasteiger partial charge in [0, 0.05) is 24.8 Å². The Labute approximate surface area is 136 Å². The maximum atomic E-state index is 13.2. The van der Waals surface area contributed by atoms with Crippen molar-refractivity contribution in [3.63, 3.8) is 0 Å². The number of halogens is 3. The molecule has 0 aliphatic carbocycles. The van der Waals surface area contributed by atoms with Crippen molar-refractivity contribution >= 4 is 27.5 Å². The van der Waals surface area contributed by atoms with Crippen molar-refractivity contribution in [1.82, 2.24) is 10.3 Å². The van der Waals surface area contributed by atoms with Crippen LogP contribution < -0.4 is 10.1 Å². The van der Waals surface area contributed by atoms with Gasteiger partial charge in [-0.2, -0.15) is 0 Å². The number of nitrogens with one attached hydrogen (secondary N) is 1. The average Bonchev–Trinajstić information content (AvgIpc) is 2.43. The maximum absolute atomic E-state index is 13.2. The fourth-order valence-corrected chi connectivity index (χ4v) is 2.15. The highest BCUT2D eigenvalue weighted by Crippen LogP contribution is 2.27. The normalized spacial score (nSPS) is 11.0. The summed E-state index contributed by atoms with van der Waals surface area (Å²) in [6.07, 6.45) is 1.55. The summed E-state index contributed by atoms with van der Waals surface area (Å²) in [4.78, 5) is 4.12. The molecule has 0 saturated heterocycles. The lowest BCUT2D eigenvalue weighted by Crippen LogP contribution is -2.22. The van der Waals surface area contributed by atoms with Gasteiger partial charge in [-0.25, -0.2) is 9.37 Å². The smallest absolute Gasteiger partial charge is 0.219 e. The van der Waals surface area contributed by atoms with E-state index in [0.717, 1.165) is 5.56 Å². The van der Waals surface area contributed by atoms with Gasteiger partial charge < -0.3 is 10.1 Å². The molecule has 0 atom stereocenters. The molecule has 0 aliphatic rings. The molecule has 0 bridgehead atoms. The zero-order valence-electron chi connectivity index (χ0n) is 11.7. The molecule has 2 rings (SSSR count). The molecule has 0 radical (unpaired) electrons. The molecule has 0 aliphatic heterocycles. The Balaban J connectivity index is 2.16. The number of hydrogen-bond donors (Lipinski definition) is 1. The van der Waals surface area contributed by atoms with Gasteiger partial charge in [0.05, 0.1) is 9.50 Å². The number of hydrogen-bond acceptors (Lipinski definition) is 3. The van der Waals surface area contributed by atoms with Crippen molar-refractivity contribution in [2.75, 3.05) is 0 Å². The number of nitrogens with zero attached hydrogens (tertiary/aromatic N) is 1. The zero-order chi connectivity index (χ0) is 15.4. The van der Waals surface area contributed by atoms with Gasteiger partial charge in [-0.3, -0.25) is 0 Å². The standard InChI is InChI=1S/C15H15BrClFN2O/c1-9(2)19-7-10-5-15(20-8-13(10)17)21-11-3-4-14(18)12(16)6-11/h3-6,8-9,19H,7H2,1-2H3. The lowest BCUT2D eigenvalue weighted by molar-refractivity contribution is 0.459. The molecule has 0 unspecified atom stereocenters. The van der Waals surface area contributed by atoms with E-state index in [1.165, 1.54) is 6.07 Å². The van der Waals surface area contributed by atoms with E-state index >= 15 is 0 Å². The molecule has 1 aromatic heterocycles. The van der Waals surface area contributed by atoms with Crippen LogP contribution in [-0.4, -0.2) is 11.0 Å². The van der Waals surface area contributed by atoms with Gasteiger partial charge in [-0.1, -0.05) is 25.4 Å². The van der Waals surface area contributed by atoms with Crippen LogP contribution >= 0.6 is 27.5 Å². The van der Waals surface area contributed by atoms with Crippen LogP contribution in [-0.2, 0) is 6.54 Å². The molecule has 1 aromatic carbocycles. The van der Waals surface area contributed by atoms with Crippen LogP contribution in [0.3, 0.4) is 0 Å². The monoisotopic (exact) mass is 372 g/mol. The van der Waals surface area contributed by atoms with Crippen molar-refractivity contribution in [2.45, 2.75) is 26.4 Å². The van der Waals surface area contributed by atoms with Crippen LogP contribution in [0.4, 0.5) is 4.39 Å². The summed E-state index contributed by atoms with van der Waals surface area (Å²) in [5.74, 6) is 0.576. The first-order chi connectivity index (χ1) is 9.95. The van der Waals surface area contributed by atoms with Gasteiger partial charge in [-0.05, 0) is 39.7 Å². The van der Waals surface area contributed by atoms with E-state index in [1.54, 1.807) is 24.4 Å².